The molecule has 1 amide bonds. The van der Waals surface area contributed by atoms with Gasteiger partial charge in [-0.15, -0.1) is 0 Å². The molecule has 0 saturated carbocycles. The maximum Gasteiger partial charge on any atom is 0.257 e. The van der Waals surface area contributed by atoms with Crippen LogP contribution in [0.3, 0.4) is 0 Å². The Morgan fingerprint density at radius 1 is 1.36 bits per heavy atom. The van der Waals surface area contributed by atoms with Gasteiger partial charge in [0, 0.05) is 36.9 Å². The van der Waals surface area contributed by atoms with Crippen LogP contribution in [-0.2, 0) is 0 Å². The predicted molar refractivity (Wildman–Crippen MR) is 86.7 cm³/mol. The molecule has 1 aliphatic rings. The standard InChI is InChI=1S/C16H19ClN4O/c1-11-9-18-7-8-20(11)16(22)15-10-21(19-12(15)2)14-5-3-13(17)4-6-14/h3-6,10-11,18H,7-9H2,1-2H3/t11-/m1/s1. The molecular weight excluding hydrogens is 300 g/mol. The van der Waals surface area contributed by atoms with E-state index in [-0.39, 0.29) is 11.9 Å². The number of piperazine rings is 1. The molecule has 2 heterocycles. The molecule has 1 aromatic heterocycles. The topological polar surface area (TPSA) is 50.2 Å². The number of nitrogens with zero attached hydrogens (tertiary/aromatic N) is 3. The van der Waals surface area contributed by atoms with Gasteiger partial charge in [-0.3, -0.25) is 4.79 Å². The summed E-state index contributed by atoms with van der Waals surface area (Å²) in [5.74, 6) is 0.0479. The van der Waals surface area contributed by atoms with E-state index >= 15 is 0 Å². The number of rotatable bonds is 2. The van der Waals surface area contributed by atoms with Crippen molar-refractivity contribution < 1.29 is 4.79 Å². The third-order valence-corrected chi connectivity index (χ3v) is 4.23. The van der Waals surface area contributed by atoms with Crippen LogP contribution in [-0.4, -0.2) is 46.3 Å². The van der Waals surface area contributed by atoms with Crippen molar-refractivity contribution in [1.29, 1.82) is 0 Å². The second-order valence-corrected chi connectivity index (χ2v) is 6.04. The maximum atomic E-state index is 12.8. The third kappa shape index (κ3) is 2.87. The van der Waals surface area contributed by atoms with Crippen molar-refractivity contribution >= 4 is 17.5 Å². The van der Waals surface area contributed by atoms with E-state index in [9.17, 15) is 4.79 Å². The zero-order valence-corrected chi connectivity index (χ0v) is 13.5. The van der Waals surface area contributed by atoms with Crippen molar-refractivity contribution in [1.82, 2.24) is 20.0 Å². The zero-order valence-electron chi connectivity index (χ0n) is 12.7. The minimum Gasteiger partial charge on any atom is -0.333 e. The van der Waals surface area contributed by atoms with Crippen LogP contribution in [0.25, 0.3) is 5.69 Å². The number of hydrogen-bond acceptors (Lipinski definition) is 3. The van der Waals surface area contributed by atoms with Gasteiger partial charge in [0.15, 0.2) is 0 Å². The van der Waals surface area contributed by atoms with Crippen molar-refractivity contribution in [2.24, 2.45) is 0 Å². The third-order valence-electron chi connectivity index (χ3n) is 3.98. The highest BCUT2D eigenvalue weighted by Gasteiger charge is 2.26. The summed E-state index contributed by atoms with van der Waals surface area (Å²) < 4.78 is 1.73. The molecule has 6 heteroatoms. The highest BCUT2D eigenvalue weighted by atomic mass is 35.5. The van der Waals surface area contributed by atoms with E-state index in [0.717, 1.165) is 31.0 Å². The smallest absolute Gasteiger partial charge is 0.257 e. The highest BCUT2D eigenvalue weighted by Crippen LogP contribution is 2.17. The van der Waals surface area contributed by atoms with Gasteiger partial charge in [0.1, 0.15) is 0 Å². The lowest BCUT2D eigenvalue weighted by Crippen LogP contribution is -2.52. The van der Waals surface area contributed by atoms with Crippen molar-refractivity contribution in [3.05, 3.63) is 46.7 Å². The van der Waals surface area contributed by atoms with Crippen LogP contribution in [0.5, 0.6) is 0 Å². The number of aromatic nitrogens is 2. The highest BCUT2D eigenvalue weighted by molar-refractivity contribution is 6.30. The van der Waals surface area contributed by atoms with E-state index in [2.05, 4.69) is 17.3 Å². The van der Waals surface area contributed by atoms with E-state index in [0.29, 0.717) is 10.6 Å². The van der Waals surface area contributed by atoms with Crippen LogP contribution in [0.2, 0.25) is 5.02 Å². The van der Waals surface area contributed by atoms with Gasteiger partial charge in [-0.2, -0.15) is 5.10 Å². The predicted octanol–water partition coefficient (Wildman–Crippen LogP) is 2.27. The van der Waals surface area contributed by atoms with E-state index in [1.165, 1.54) is 0 Å². The fourth-order valence-corrected chi connectivity index (χ4v) is 2.82. The molecule has 0 spiro atoms. The second kappa shape index (κ2) is 6.10. The van der Waals surface area contributed by atoms with Gasteiger partial charge in [-0.25, -0.2) is 4.68 Å². The van der Waals surface area contributed by atoms with Crippen LogP contribution >= 0.6 is 11.6 Å². The zero-order chi connectivity index (χ0) is 15.7. The number of benzene rings is 1. The van der Waals surface area contributed by atoms with Crippen LogP contribution in [0, 0.1) is 6.92 Å². The van der Waals surface area contributed by atoms with E-state index < -0.39 is 0 Å². The molecule has 1 aromatic carbocycles. The number of aryl methyl sites for hydroxylation is 1. The van der Waals surface area contributed by atoms with Gasteiger partial charge >= 0.3 is 0 Å². The quantitative estimate of drug-likeness (QED) is 0.924. The average Bonchev–Trinajstić information content (AvgIpc) is 2.90. The van der Waals surface area contributed by atoms with Crippen LogP contribution in [0.1, 0.15) is 23.0 Å². The summed E-state index contributed by atoms with van der Waals surface area (Å²) in [7, 11) is 0. The molecule has 1 saturated heterocycles. The molecule has 1 atom stereocenters. The molecule has 0 radical (unpaired) electrons. The normalized spacial score (nSPS) is 18.5. The first-order valence-electron chi connectivity index (χ1n) is 7.40. The van der Waals surface area contributed by atoms with Crippen LogP contribution in [0.15, 0.2) is 30.5 Å². The first kappa shape index (κ1) is 15.1. The van der Waals surface area contributed by atoms with E-state index in [4.69, 9.17) is 11.6 Å². The Morgan fingerprint density at radius 2 is 2.09 bits per heavy atom. The van der Waals surface area contributed by atoms with Gasteiger partial charge in [-0.05, 0) is 38.1 Å². The Bertz CT molecular complexity index is 680. The van der Waals surface area contributed by atoms with Gasteiger partial charge in [0.25, 0.3) is 5.91 Å². The summed E-state index contributed by atoms with van der Waals surface area (Å²) in [5.41, 5.74) is 2.29. The number of carbonyl (C=O) groups excluding carboxylic acids is 1. The van der Waals surface area contributed by atoms with Crippen molar-refractivity contribution in [3.63, 3.8) is 0 Å². The van der Waals surface area contributed by atoms with Crippen LogP contribution < -0.4 is 5.32 Å². The Balaban J connectivity index is 1.88. The summed E-state index contributed by atoms with van der Waals surface area (Å²) in [4.78, 5) is 14.7. The molecule has 22 heavy (non-hydrogen) atoms. The van der Waals surface area contributed by atoms with E-state index in [1.807, 2.05) is 36.1 Å². The summed E-state index contributed by atoms with van der Waals surface area (Å²) >= 11 is 5.91. The Hall–Kier alpha value is -1.85. The minimum absolute atomic E-state index is 0.0479. The van der Waals surface area contributed by atoms with Gasteiger partial charge in [-0.1, -0.05) is 11.6 Å². The molecule has 116 valence electrons. The maximum absolute atomic E-state index is 12.8. The minimum atomic E-state index is 0.0479. The molecule has 5 nitrogen and oxygen atoms in total. The lowest BCUT2D eigenvalue weighted by Gasteiger charge is -2.33. The Kier molecular flexibility index (Phi) is 4.18. The lowest BCUT2D eigenvalue weighted by molar-refractivity contribution is 0.0655. The monoisotopic (exact) mass is 318 g/mol. The average molecular weight is 319 g/mol. The summed E-state index contributed by atoms with van der Waals surface area (Å²) in [6.45, 7) is 6.32. The lowest BCUT2D eigenvalue weighted by atomic mass is 10.1. The Labute approximate surface area is 134 Å². The van der Waals surface area contributed by atoms with Gasteiger partial charge < -0.3 is 10.2 Å². The SMILES string of the molecule is Cc1nn(-c2ccc(Cl)cc2)cc1C(=O)N1CCNC[C@H]1C. The van der Waals surface area contributed by atoms with Gasteiger partial charge in [0.05, 0.1) is 16.9 Å². The molecule has 0 aliphatic carbocycles. The fourth-order valence-electron chi connectivity index (χ4n) is 2.69. The van der Waals surface area contributed by atoms with Crippen molar-refractivity contribution in [3.8, 4) is 5.69 Å². The largest absolute Gasteiger partial charge is 0.333 e. The van der Waals surface area contributed by atoms with Crippen molar-refractivity contribution in [2.45, 2.75) is 19.9 Å². The number of nitrogens with one attached hydrogen (secondary N) is 1. The first-order valence-corrected chi connectivity index (χ1v) is 7.78. The molecule has 0 bridgehead atoms. The summed E-state index contributed by atoms with van der Waals surface area (Å²) in [6, 6.07) is 7.59. The molecule has 1 N–H and O–H groups in total. The molecule has 2 aromatic rings. The molecular formula is C16H19ClN4O. The summed E-state index contributed by atoms with van der Waals surface area (Å²) in [5, 5.41) is 8.44. The molecule has 1 fully saturated rings. The Morgan fingerprint density at radius 3 is 2.77 bits per heavy atom. The first-order chi connectivity index (χ1) is 10.6. The number of hydrogen-bond donors (Lipinski definition) is 1. The van der Waals surface area contributed by atoms with Gasteiger partial charge in [0.2, 0.25) is 0 Å². The molecule has 1 aliphatic heterocycles. The summed E-state index contributed by atoms with van der Waals surface area (Å²) in [6.07, 6.45) is 1.80. The van der Waals surface area contributed by atoms with E-state index in [1.54, 1.807) is 10.9 Å². The number of amides is 1. The second-order valence-electron chi connectivity index (χ2n) is 5.60. The molecule has 3 rings (SSSR count). The van der Waals surface area contributed by atoms with Crippen molar-refractivity contribution in [2.75, 3.05) is 19.6 Å². The fraction of sp³-hybridized carbons (Fsp3) is 0.375. The number of carbonyl (C=O) groups is 1. The number of halogens is 1. The molecule has 0 unspecified atom stereocenters. The van der Waals surface area contributed by atoms with Crippen LogP contribution in [0.4, 0.5) is 0 Å².